The molecule has 0 aliphatic rings. The Morgan fingerprint density at radius 3 is 2.08 bits per heavy atom. The lowest BCUT2D eigenvalue weighted by Crippen LogP contribution is -2.53. The second-order valence-corrected chi connectivity index (χ2v) is 13.4. The Bertz CT molecular complexity index is 1370. The van der Waals surface area contributed by atoms with E-state index in [-0.39, 0.29) is 24.8 Å². The normalized spacial score (nSPS) is 12.2. The summed E-state index contributed by atoms with van der Waals surface area (Å²) in [6, 6.07) is 22.9. The number of anilines is 1. The summed E-state index contributed by atoms with van der Waals surface area (Å²) in [6.07, 6.45) is 1.34. The van der Waals surface area contributed by atoms with Gasteiger partial charge in [0.1, 0.15) is 12.6 Å². The highest BCUT2D eigenvalue weighted by Crippen LogP contribution is 2.28. The number of carbonyl (C=O) groups is 2. The fraction of sp³-hybridized carbons (Fsp3) is 0.310. The van der Waals surface area contributed by atoms with Gasteiger partial charge >= 0.3 is 0 Å². The Balaban J connectivity index is 2.05. The van der Waals surface area contributed by atoms with Gasteiger partial charge in [-0.15, -0.1) is 0 Å². The number of para-hydroxylation sites is 1. The smallest absolute Gasteiger partial charge is 0.244 e. The lowest BCUT2D eigenvalue weighted by molar-refractivity contribution is -0.140. The van der Waals surface area contributed by atoms with Crippen molar-refractivity contribution in [3.63, 3.8) is 0 Å². The number of halogens is 2. The number of amides is 2. The van der Waals surface area contributed by atoms with Gasteiger partial charge in [-0.25, -0.2) is 8.42 Å². The first-order valence-electron chi connectivity index (χ1n) is 12.5. The van der Waals surface area contributed by atoms with Crippen LogP contribution in [0, 0.1) is 5.92 Å². The Morgan fingerprint density at radius 1 is 0.872 bits per heavy atom. The van der Waals surface area contributed by atoms with Crippen molar-refractivity contribution in [1.82, 2.24) is 10.2 Å². The summed E-state index contributed by atoms with van der Waals surface area (Å²) in [6.45, 7) is 4.13. The molecule has 0 saturated heterocycles. The van der Waals surface area contributed by atoms with Crippen molar-refractivity contribution in [3.05, 3.63) is 98.9 Å². The summed E-state index contributed by atoms with van der Waals surface area (Å²) < 4.78 is 28.2. The highest BCUT2D eigenvalue weighted by molar-refractivity contribution is 9.10. The zero-order valence-electron chi connectivity index (χ0n) is 22.2. The van der Waals surface area contributed by atoms with Crippen LogP contribution in [0.15, 0.2) is 87.8 Å². The summed E-state index contributed by atoms with van der Waals surface area (Å²) in [5.74, 6) is -0.553. The molecule has 1 atom stereocenters. The summed E-state index contributed by atoms with van der Waals surface area (Å²) in [5, 5.41) is 2.98. The van der Waals surface area contributed by atoms with E-state index in [2.05, 4.69) is 37.2 Å². The van der Waals surface area contributed by atoms with Crippen LogP contribution in [0.4, 0.5) is 5.69 Å². The van der Waals surface area contributed by atoms with Crippen LogP contribution in [0.1, 0.15) is 25.0 Å². The van der Waals surface area contributed by atoms with E-state index in [0.717, 1.165) is 26.2 Å². The van der Waals surface area contributed by atoms with Crippen molar-refractivity contribution in [3.8, 4) is 0 Å². The predicted molar refractivity (Wildman–Crippen MR) is 163 cm³/mol. The van der Waals surface area contributed by atoms with Gasteiger partial charge in [0.05, 0.1) is 11.9 Å². The van der Waals surface area contributed by atoms with Gasteiger partial charge in [0.15, 0.2) is 0 Å². The number of nitrogens with zero attached hydrogens (tertiary/aromatic N) is 2. The van der Waals surface area contributed by atoms with Crippen molar-refractivity contribution in [2.75, 3.05) is 23.7 Å². The molecule has 7 nitrogen and oxygen atoms in total. The molecule has 0 fully saturated rings. The molecule has 0 aromatic heterocycles. The number of hydrogen-bond donors (Lipinski definition) is 1. The van der Waals surface area contributed by atoms with Gasteiger partial charge in [-0.05, 0) is 57.2 Å². The van der Waals surface area contributed by atoms with Crippen LogP contribution in [0.5, 0.6) is 0 Å². The van der Waals surface area contributed by atoms with E-state index >= 15 is 0 Å². The monoisotopic (exact) mass is 677 g/mol. The van der Waals surface area contributed by atoms with Crippen LogP contribution < -0.4 is 9.62 Å². The second-order valence-electron chi connectivity index (χ2n) is 9.71. The fourth-order valence-electron chi connectivity index (χ4n) is 4.01. The molecule has 2 amide bonds. The molecule has 3 aromatic rings. The molecule has 0 spiro atoms. The van der Waals surface area contributed by atoms with Crippen LogP contribution >= 0.6 is 31.9 Å². The quantitative estimate of drug-likeness (QED) is 0.278. The SMILES string of the molecule is CC(C)CNC(=O)[C@@H](Cc1ccccc1)N(Cc1ccc(Br)cc1)C(=O)CN(c1ccccc1Br)S(C)(=O)=O. The molecule has 0 aliphatic heterocycles. The van der Waals surface area contributed by atoms with E-state index < -0.39 is 28.5 Å². The third-order valence-corrected chi connectivity index (χ3v) is 8.35. The topological polar surface area (TPSA) is 86.8 Å². The van der Waals surface area contributed by atoms with Gasteiger partial charge in [-0.2, -0.15) is 0 Å². The molecule has 3 aromatic carbocycles. The number of carbonyl (C=O) groups excluding carboxylic acids is 2. The lowest BCUT2D eigenvalue weighted by Gasteiger charge is -2.34. The van der Waals surface area contributed by atoms with Crippen LogP contribution in [0.2, 0.25) is 0 Å². The average Bonchev–Trinajstić information content (AvgIpc) is 2.89. The first-order chi connectivity index (χ1) is 18.5. The van der Waals surface area contributed by atoms with Gasteiger partial charge in [0.25, 0.3) is 0 Å². The van der Waals surface area contributed by atoms with Crippen molar-refractivity contribution in [2.45, 2.75) is 32.9 Å². The van der Waals surface area contributed by atoms with Gasteiger partial charge in [-0.1, -0.05) is 84.4 Å². The van der Waals surface area contributed by atoms with Crippen molar-refractivity contribution in [1.29, 1.82) is 0 Å². The largest absolute Gasteiger partial charge is 0.354 e. The predicted octanol–water partition coefficient (Wildman–Crippen LogP) is 5.39. The van der Waals surface area contributed by atoms with E-state index in [4.69, 9.17) is 0 Å². The highest BCUT2D eigenvalue weighted by atomic mass is 79.9. The minimum Gasteiger partial charge on any atom is -0.354 e. The van der Waals surface area contributed by atoms with E-state index in [1.54, 1.807) is 24.3 Å². The number of nitrogens with one attached hydrogen (secondary N) is 1. The number of hydrogen-bond acceptors (Lipinski definition) is 4. The summed E-state index contributed by atoms with van der Waals surface area (Å²) in [5.41, 5.74) is 2.05. The van der Waals surface area contributed by atoms with E-state index in [9.17, 15) is 18.0 Å². The molecule has 0 heterocycles. The van der Waals surface area contributed by atoms with E-state index in [1.807, 2.05) is 68.4 Å². The van der Waals surface area contributed by atoms with Gasteiger partial charge in [0.2, 0.25) is 21.8 Å². The maximum Gasteiger partial charge on any atom is 0.244 e. The van der Waals surface area contributed by atoms with Crippen molar-refractivity contribution in [2.24, 2.45) is 5.92 Å². The summed E-state index contributed by atoms with van der Waals surface area (Å²) >= 11 is 6.84. The first-order valence-corrected chi connectivity index (χ1v) is 16.0. The molecule has 0 bridgehead atoms. The Labute approximate surface area is 247 Å². The van der Waals surface area contributed by atoms with Crippen molar-refractivity contribution >= 4 is 59.4 Å². The minimum absolute atomic E-state index is 0.131. The van der Waals surface area contributed by atoms with Gasteiger partial charge in [-0.3, -0.25) is 13.9 Å². The standard InChI is InChI=1S/C29H33Br2N3O4S/c1-21(2)18-32-29(36)27(17-22-9-5-4-6-10-22)33(19-23-13-15-24(30)16-14-23)28(35)20-34(39(3,37)38)26-12-8-7-11-25(26)31/h4-16,21,27H,17-20H2,1-3H3,(H,32,36)/t27-/m1/s1. The molecular weight excluding hydrogens is 646 g/mol. The zero-order valence-corrected chi connectivity index (χ0v) is 26.2. The zero-order chi connectivity index (χ0) is 28.6. The molecule has 1 N–H and O–H groups in total. The Kier molecular flexibility index (Phi) is 11.1. The van der Waals surface area contributed by atoms with Gasteiger partial charge in [0, 0.05) is 28.5 Å². The molecule has 0 aliphatic carbocycles. The molecule has 10 heteroatoms. The van der Waals surface area contributed by atoms with Crippen LogP contribution in [-0.4, -0.2) is 50.5 Å². The lowest BCUT2D eigenvalue weighted by atomic mass is 10.0. The Hall–Kier alpha value is -2.69. The van der Waals surface area contributed by atoms with E-state index in [1.165, 1.54) is 4.90 Å². The molecule has 208 valence electrons. The summed E-state index contributed by atoms with van der Waals surface area (Å²) in [4.78, 5) is 29.1. The third-order valence-electron chi connectivity index (χ3n) is 6.02. The van der Waals surface area contributed by atoms with Crippen LogP contribution in [0.3, 0.4) is 0 Å². The average molecular weight is 679 g/mol. The fourth-order valence-corrected chi connectivity index (χ4v) is 5.75. The van der Waals surface area contributed by atoms with Gasteiger partial charge < -0.3 is 10.2 Å². The van der Waals surface area contributed by atoms with Crippen molar-refractivity contribution < 1.29 is 18.0 Å². The van der Waals surface area contributed by atoms with Crippen LogP contribution in [-0.2, 0) is 32.6 Å². The molecule has 0 unspecified atom stereocenters. The molecule has 39 heavy (non-hydrogen) atoms. The molecule has 0 radical (unpaired) electrons. The number of rotatable bonds is 12. The summed E-state index contributed by atoms with van der Waals surface area (Å²) in [7, 11) is -3.82. The minimum atomic E-state index is -3.82. The molecule has 0 saturated carbocycles. The highest BCUT2D eigenvalue weighted by Gasteiger charge is 2.33. The maximum atomic E-state index is 14.0. The second kappa shape index (κ2) is 14.1. The van der Waals surface area contributed by atoms with E-state index in [0.29, 0.717) is 16.7 Å². The number of benzene rings is 3. The van der Waals surface area contributed by atoms with Crippen LogP contribution in [0.25, 0.3) is 0 Å². The third kappa shape index (κ3) is 9.19. The molecule has 3 rings (SSSR count). The molecular formula is C29H33Br2N3O4S. The Morgan fingerprint density at radius 2 is 1.49 bits per heavy atom. The first kappa shape index (κ1) is 30.8. The number of sulfonamides is 1. The maximum absolute atomic E-state index is 14.0.